The number of rotatable bonds is 11. The van der Waals surface area contributed by atoms with E-state index in [0.717, 1.165) is 12.8 Å². The third kappa shape index (κ3) is 6.46. The molecule has 0 aliphatic heterocycles. The van der Waals surface area contributed by atoms with E-state index in [-0.39, 0.29) is 0 Å². The van der Waals surface area contributed by atoms with Crippen molar-refractivity contribution in [2.75, 3.05) is 6.61 Å². The predicted octanol–water partition coefficient (Wildman–Crippen LogP) is 4.57. The van der Waals surface area contributed by atoms with Crippen molar-refractivity contribution in [1.29, 1.82) is 0 Å². The van der Waals surface area contributed by atoms with Gasteiger partial charge in [-0.05, 0) is 18.3 Å². The van der Waals surface area contributed by atoms with Crippen LogP contribution in [0.2, 0.25) is 0 Å². The molecule has 0 atom stereocenters. The molecule has 0 fully saturated rings. The topological polar surface area (TPSA) is 38.7 Å². The van der Waals surface area contributed by atoms with E-state index in [1.54, 1.807) is 0 Å². The fourth-order valence-corrected chi connectivity index (χ4v) is 2.33. The molecule has 0 heterocycles. The van der Waals surface area contributed by atoms with Gasteiger partial charge in [-0.15, -0.1) is 0 Å². The Morgan fingerprint density at radius 2 is 1.44 bits per heavy atom. The second-order valence-corrected chi connectivity index (χ2v) is 4.62. The van der Waals surface area contributed by atoms with Gasteiger partial charge in [-0.2, -0.15) is 0 Å². The Bertz CT molecular complexity index is 136. The van der Waals surface area contributed by atoms with Crippen molar-refractivity contribution >= 4 is 0 Å². The Hall–Kier alpha value is -0.120. The van der Waals surface area contributed by atoms with Crippen molar-refractivity contribution in [2.45, 2.75) is 72.1 Å². The van der Waals surface area contributed by atoms with Gasteiger partial charge < -0.3 is 0 Å². The average molecular weight is 232 g/mol. The van der Waals surface area contributed by atoms with Crippen LogP contribution in [0.3, 0.4) is 0 Å². The zero-order valence-electron chi connectivity index (χ0n) is 11.1. The first-order chi connectivity index (χ1) is 7.74. The lowest BCUT2D eigenvalue weighted by Crippen LogP contribution is -2.17. The summed E-state index contributed by atoms with van der Waals surface area (Å²) in [5, 5.41) is 11.5. The van der Waals surface area contributed by atoms with Crippen molar-refractivity contribution in [3.05, 3.63) is 0 Å². The number of hydrogen-bond acceptors (Lipinski definition) is 3. The van der Waals surface area contributed by atoms with Crippen LogP contribution in [0.5, 0.6) is 0 Å². The first-order valence-corrected chi connectivity index (χ1v) is 6.67. The highest BCUT2D eigenvalue weighted by atomic mass is 17.5. The number of unbranched alkanes of at least 4 members (excludes halogenated alkanes) is 3. The Balaban J connectivity index is 3.48. The molecule has 3 nitrogen and oxygen atoms in total. The lowest BCUT2D eigenvalue weighted by atomic mass is 9.75. The van der Waals surface area contributed by atoms with E-state index < -0.39 is 0 Å². The van der Waals surface area contributed by atoms with Crippen LogP contribution in [0, 0.1) is 5.41 Å². The lowest BCUT2D eigenvalue weighted by molar-refractivity contribution is -0.490. The molecule has 0 saturated carbocycles. The minimum absolute atomic E-state index is 0.483. The average Bonchev–Trinajstić information content (AvgIpc) is 2.34. The van der Waals surface area contributed by atoms with Gasteiger partial charge in [-0.25, -0.2) is 10.1 Å². The molecule has 0 aromatic rings. The fourth-order valence-electron chi connectivity index (χ4n) is 2.33. The first-order valence-electron chi connectivity index (χ1n) is 6.67. The Kier molecular flexibility index (Phi) is 9.99. The highest BCUT2D eigenvalue weighted by Gasteiger charge is 2.22. The van der Waals surface area contributed by atoms with Gasteiger partial charge in [0.25, 0.3) is 0 Å². The maximum Gasteiger partial charge on any atom is 0.0853 e. The van der Waals surface area contributed by atoms with Crippen molar-refractivity contribution in [3.8, 4) is 0 Å². The Labute approximate surface area is 100.0 Å². The molecule has 3 heteroatoms. The summed E-state index contributed by atoms with van der Waals surface area (Å²) in [5.41, 5.74) is 0.574. The standard InChI is InChI=1S/C13H28O3/c1-4-13(5-2,6-3)11-9-7-8-10-12-15-16-14/h14H,4-12H2,1-3H3. The van der Waals surface area contributed by atoms with Crippen molar-refractivity contribution < 1.29 is 15.2 Å². The van der Waals surface area contributed by atoms with Crippen LogP contribution in [0.15, 0.2) is 0 Å². The monoisotopic (exact) mass is 232 g/mol. The number of hydrogen-bond donors (Lipinski definition) is 1. The molecule has 0 bridgehead atoms. The van der Waals surface area contributed by atoms with Crippen LogP contribution in [0.4, 0.5) is 0 Å². The lowest BCUT2D eigenvalue weighted by Gasteiger charge is -2.30. The van der Waals surface area contributed by atoms with Crippen LogP contribution in [-0.4, -0.2) is 11.9 Å². The van der Waals surface area contributed by atoms with Gasteiger partial charge in [-0.3, -0.25) is 0 Å². The summed E-state index contributed by atoms with van der Waals surface area (Å²) in [6.07, 6.45) is 9.87. The Morgan fingerprint density at radius 1 is 0.875 bits per heavy atom. The smallest absolute Gasteiger partial charge is 0.0853 e. The van der Waals surface area contributed by atoms with Crippen LogP contribution >= 0.6 is 0 Å². The van der Waals surface area contributed by atoms with E-state index in [9.17, 15) is 0 Å². The maximum absolute atomic E-state index is 7.95. The molecular weight excluding hydrogens is 204 g/mol. The summed E-state index contributed by atoms with van der Waals surface area (Å²) in [7, 11) is 0. The molecule has 0 aromatic heterocycles. The van der Waals surface area contributed by atoms with Crippen LogP contribution < -0.4 is 0 Å². The van der Waals surface area contributed by atoms with E-state index >= 15 is 0 Å². The minimum atomic E-state index is 0.483. The van der Waals surface area contributed by atoms with Crippen LogP contribution in [-0.2, 0) is 9.93 Å². The van der Waals surface area contributed by atoms with Crippen molar-refractivity contribution in [1.82, 2.24) is 0 Å². The van der Waals surface area contributed by atoms with E-state index in [2.05, 4.69) is 30.7 Å². The molecule has 0 radical (unpaired) electrons. The fraction of sp³-hybridized carbons (Fsp3) is 1.00. The third-order valence-corrected chi connectivity index (χ3v) is 3.99. The van der Waals surface area contributed by atoms with Crippen molar-refractivity contribution in [3.63, 3.8) is 0 Å². The van der Waals surface area contributed by atoms with E-state index in [0.29, 0.717) is 12.0 Å². The van der Waals surface area contributed by atoms with Crippen LogP contribution in [0.25, 0.3) is 0 Å². The normalized spacial score (nSPS) is 12.0. The highest BCUT2D eigenvalue weighted by Crippen LogP contribution is 2.36. The van der Waals surface area contributed by atoms with Gasteiger partial charge >= 0.3 is 0 Å². The van der Waals surface area contributed by atoms with Gasteiger partial charge in [-0.1, -0.05) is 64.3 Å². The highest BCUT2D eigenvalue weighted by molar-refractivity contribution is 4.74. The van der Waals surface area contributed by atoms with Crippen LogP contribution in [0.1, 0.15) is 72.1 Å². The molecule has 16 heavy (non-hydrogen) atoms. The predicted molar refractivity (Wildman–Crippen MR) is 66.1 cm³/mol. The molecular formula is C13H28O3. The second kappa shape index (κ2) is 10.1. The third-order valence-electron chi connectivity index (χ3n) is 3.99. The Morgan fingerprint density at radius 3 is 1.94 bits per heavy atom. The van der Waals surface area contributed by atoms with E-state index in [4.69, 9.17) is 5.26 Å². The van der Waals surface area contributed by atoms with Crippen molar-refractivity contribution in [2.24, 2.45) is 5.41 Å². The summed E-state index contributed by atoms with van der Waals surface area (Å²) < 4.78 is 0. The summed E-state index contributed by atoms with van der Waals surface area (Å²) in [4.78, 5) is 4.40. The molecule has 0 spiro atoms. The first kappa shape index (κ1) is 15.9. The van der Waals surface area contributed by atoms with Gasteiger partial charge in [0.15, 0.2) is 0 Å². The largest absolute Gasteiger partial charge is 0.221 e. The minimum Gasteiger partial charge on any atom is -0.221 e. The summed E-state index contributed by atoms with van der Waals surface area (Å²) in [6.45, 7) is 7.40. The molecule has 0 unspecified atom stereocenters. The van der Waals surface area contributed by atoms with Gasteiger partial charge in [0.2, 0.25) is 0 Å². The van der Waals surface area contributed by atoms with E-state index in [1.165, 1.54) is 38.5 Å². The summed E-state index contributed by atoms with van der Waals surface area (Å²) >= 11 is 0. The van der Waals surface area contributed by atoms with Gasteiger partial charge in [0, 0.05) is 0 Å². The molecule has 0 aliphatic rings. The molecule has 0 aromatic carbocycles. The second-order valence-electron chi connectivity index (χ2n) is 4.62. The summed E-state index contributed by atoms with van der Waals surface area (Å²) in [5.74, 6) is 0. The zero-order valence-corrected chi connectivity index (χ0v) is 11.1. The molecule has 0 saturated heterocycles. The molecule has 0 amide bonds. The maximum atomic E-state index is 7.95. The quantitative estimate of drug-likeness (QED) is 0.322. The van der Waals surface area contributed by atoms with Gasteiger partial charge in [0.1, 0.15) is 0 Å². The molecule has 0 rings (SSSR count). The SMILES string of the molecule is CCC(CC)(CC)CCCCCCOOO. The van der Waals surface area contributed by atoms with Gasteiger partial charge in [0.05, 0.1) is 6.61 Å². The van der Waals surface area contributed by atoms with E-state index in [1.807, 2.05) is 0 Å². The zero-order chi connectivity index (χ0) is 12.3. The molecule has 0 aliphatic carbocycles. The summed E-state index contributed by atoms with van der Waals surface area (Å²) in [6, 6.07) is 0. The molecule has 1 N–H and O–H groups in total. The molecule has 98 valence electrons.